The van der Waals surface area contributed by atoms with E-state index < -0.39 is 0 Å². The lowest BCUT2D eigenvalue weighted by Crippen LogP contribution is -2.31. The molecule has 3 aromatic rings. The van der Waals surface area contributed by atoms with Crippen LogP contribution in [0, 0.1) is 0 Å². The van der Waals surface area contributed by atoms with Crippen LogP contribution in [0.1, 0.15) is 32.0 Å². The maximum absolute atomic E-state index is 12.1. The zero-order valence-corrected chi connectivity index (χ0v) is 15.2. The summed E-state index contributed by atoms with van der Waals surface area (Å²) in [4.78, 5) is 28.6. The Kier molecular flexibility index (Phi) is 5.47. The first kappa shape index (κ1) is 17.9. The molecule has 1 aromatic carbocycles. The van der Waals surface area contributed by atoms with Gasteiger partial charge in [0, 0.05) is 12.1 Å². The SMILES string of the molecule is CCC(=O)Nc1ccc(OCC(=O)N[C@H](C)c2cn3ncsc3n2)cc1. The first-order chi connectivity index (χ1) is 12.5. The molecule has 0 saturated heterocycles. The molecule has 0 saturated carbocycles. The third-order valence-electron chi connectivity index (χ3n) is 3.66. The van der Waals surface area contributed by atoms with Gasteiger partial charge in [-0.05, 0) is 31.2 Å². The molecule has 8 nitrogen and oxygen atoms in total. The molecule has 9 heteroatoms. The van der Waals surface area contributed by atoms with E-state index in [0.29, 0.717) is 17.9 Å². The van der Waals surface area contributed by atoms with Crippen molar-refractivity contribution in [1.29, 1.82) is 0 Å². The van der Waals surface area contributed by atoms with E-state index in [1.54, 1.807) is 47.4 Å². The monoisotopic (exact) mass is 373 g/mol. The van der Waals surface area contributed by atoms with Crippen molar-refractivity contribution < 1.29 is 14.3 Å². The number of carbonyl (C=O) groups is 2. The van der Waals surface area contributed by atoms with E-state index >= 15 is 0 Å². The summed E-state index contributed by atoms with van der Waals surface area (Å²) >= 11 is 1.44. The zero-order chi connectivity index (χ0) is 18.5. The fourth-order valence-corrected chi connectivity index (χ4v) is 2.86. The van der Waals surface area contributed by atoms with Crippen LogP contribution in [0.4, 0.5) is 5.69 Å². The predicted molar refractivity (Wildman–Crippen MR) is 98.3 cm³/mol. The van der Waals surface area contributed by atoms with Gasteiger partial charge in [0.1, 0.15) is 11.3 Å². The van der Waals surface area contributed by atoms with E-state index in [1.165, 1.54) is 11.3 Å². The van der Waals surface area contributed by atoms with Crippen molar-refractivity contribution in [2.24, 2.45) is 0 Å². The van der Waals surface area contributed by atoms with Crippen LogP contribution in [0.15, 0.2) is 36.0 Å². The standard InChI is InChI=1S/C17H19N5O3S/c1-3-15(23)20-12-4-6-13(7-5-12)25-9-16(24)19-11(2)14-8-22-17(21-14)26-10-18-22/h4-8,10-11H,3,9H2,1-2H3,(H,19,24)(H,20,23)/t11-/m1/s1. The van der Waals surface area contributed by atoms with Crippen molar-refractivity contribution >= 4 is 33.8 Å². The van der Waals surface area contributed by atoms with Crippen LogP contribution < -0.4 is 15.4 Å². The number of anilines is 1. The van der Waals surface area contributed by atoms with Crippen molar-refractivity contribution in [1.82, 2.24) is 19.9 Å². The Balaban J connectivity index is 1.48. The quantitative estimate of drug-likeness (QED) is 0.663. The van der Waals surface area contributed by atoms with Gasteiger partial charge >= 0.3 is 0 Å². The lowest BCUT2D eigenvalue weighted by atomic mass is 10.2. The van der Waals surface area contributed by atoms with Gasteiger partial charge in [0.05, 0.1) is 17.9 Å². The van der Waals surface area contributed by atoms with Crippen LogP contribution >= 0.6 is 11.3 Å². The van der Waals surface area contributed by atoms with Gasteiger partial charge in [0.15, 0.2) is 6.61 Å². The molecular weight excluding hydrogens is 354 g/mol. The lowest BCUT2D eigenvalue weighted by Gasteiger charge is -2.12. The van der Waals surface area contributed by atoms with Crippen molar-refractivity contribution in [3.05, 3.63) is 41.7 Å². The summed E-state index contributed by atoms with van der Waals surface area (Å²) in [5.41, 5.74) is 3.15. The Hall–Kier alpha value is -2.94. The highest BCUT2D eigenvalue weighted by molar-refractivity contribution is 7.14. The van der Waals surface area contributed by atoms with Crippen LogP contribution in [0.3, 0.4) is 0 Å². The summed E-state index contributed by atoms with van der Waals surface area (Å²) in [6.45, 7) is 3.54. The van der Waals surface area contributed by atoms with Gasteiger partial charge in [-0.15, -0.1) is 0 Å². The molecule has 0 spiro atoms. The first-order valence-electron chi connectivity index (χ1n) is 8.16. The molecule has 2 aromatic heterocycles. The van der Waals surface area contributed by atoms with Crippen LogP contribution in [-0.2, 0) is 9.59 Å². The maximum Gasteiger partial charge on any atom is 0.258 e. The minimum atomic E-state index is -0.245. The number of hydrogen-bond acceptors (Lipinski definition) is 6. The second-order valence-electron chi connectivity index (χ2n) is 5.64. The number of aromatic nitrogens is 3. The van der Waals surface area contributed by atoms with Crippen LogP contribution in [0.25, 0.3) is 4.96 Å². The molecule has 0 bridgehead atoms. The van der Waals surface area contributed by atoms with Crippen molar-refractivity contribution in [3.8, 4) is 5.75 Å². The molecule has 0 aliphatic heterocycles. The van der Waals surface area contributed by atoms with Crippen LogP contribution in [0.2, 0.25) is 0 Å². The topological polar surface area (TPSA) is 97.6 Å². The van der Waals surface area contributed by atoms with Gasteiger partial charge in [0.25, 0.3) is 5.91 Å². The van der Waals surface area contributed by atoms with E-state index in [2.05, 4.69) is 20.7 Å². The van der Waals surface area contributed by atoms with E-state index in [0.717, 1.165) is 10.7 Å². The van der Waals surface area contributed by atoms with Crippen LogP contribution in [0.5, 0.6) is 5.75 Å². The number of nitrogens with one attached hydrogen (secondary N) is 2. The number of rotatable bonds is 7. The second kappa shape index (κ2) is 7.96. The highest BCUT2D eigenvalue weighted by atomic mass is 32.1. The number of amides is 2. The van der Waals surface area contributed by atoms with Gasteiger partial charge < -0.3 is 15.4 Å². The Bertz CT molecular complexity index is 874. The Morgan fingerprint density at radius 2 is 2.04 bits per heavy atom. The van der Waals surface area contributed by atoms with E-state index in [1.807, 2.05) is 6.92 Å². The molecule has 26 heavy (non-hydrogen) atoms. The summed E-state index contributed by atoms with van der Waals surface area (Å²) < 4.78 is 7.15. The van der Waals surface area contributed by atoms with Crippen molar-refractivity contribution in [2.45, 2.75) is 26.3 Å². The fourth-order valence-electron chi connectivity index (χ4n) is 2.25. The van der Waals surface area contributed by atoms with E-state index in [4.69, 9.17) is 4.74 Å². The highest BCUT2D eigenvalue weighted by Gasteiger charge is 2.14. The smallest absolute Gasteiger partial charge is 0.258 e. The molecule has 0 unspecified atom stereocenters. The average Bonchev–Trinajstić information content (AvgIpc) is 3.23. The summed E-state index contributed by atoms with van der Waals surface area (Å²) in [6, 6.07) is 6.63. The summed E-state index contributed by atoms with van der Waals surface area (Å²) in [5, 5.41) is 9.71. The number of imidazole rings is 1. The summed E-state index contributed by atoms with van der Waals surface area (Å²) in [6.07, 6.45) is 2.21. The van der Waals surface area contributed by atoms with Gasteiger partial charge in [-0.25, -0.2) is 9.50 Å². The minimum Gasteiger partial charge on any atom is -0.484 e. The Labute approximate surface area is 154 Å². The van der Waals surface area contributed by atoms with Gasteiger partial charge in [-0.1, -0.05) is 18.3 Å². The molecule has 1 atom stereocenters. The number of benzene rings is 1. The molecular formula is C17H19N5O3S. The third-order valence-corrected chi connectivity index (χ3v) is 4.34. The second-order valence-corrected chi connectivity index (χ2v) is 6.45. The highest BCUT2D eigenvalue weighted by Crippen LogP contribution is 2.17. The van der Waals surface area contributed by atoms with Gasteiger partial charge in [-0.3, -0.25) is 9.59 Å². The maximum atomic E-state index is 12.1. The first-order valence-corrected chi connectivity index (χ1v) is 9.04. The molecule has 2 amide bonds. The van der Waals surface area contributed by atoms with E-state index in [9.17, 15) is 9.59 Å². The number of nitrogens with zero attached hydrogens (tertiary/aromatic N) is 3. The number of hydrogen-bond donors (Lipinski definition) is 2. The van der Waals surface area contributed by atoms with Crippen LogP contribution in [-0.4, -0.2) is 33.0 Å². The average molecular weight is 373 g/mol. The molecule has 0 aliphatic carbocycles. The normalized spacial score (nSPS) is 11.9. The summed E-state index contributed by atoms with van der Waals surface area (Å²) in [7, 11) is 0. The molecule has 3 rings (SSSR count). The third kappa shape index (κ3) is 4.37. The molecule has 2 heterocycles. The molecule has 0 radical (unpaired) electrons. The molecule has 2 N–H and O–H groups in total. The fraction of sp³-hybridized carbons (Fsp3) is 0.294. The lowest BCUT2D eigenvalue weighted by molar-refractivity contribution is -0.123. The van der Waals surface area contributed by atoms with Crippen molar-refractivity contribution in [3.63, 3.8) is 0 Å². The Morgan fingerprint density at radius 3 is 2.73 bits per heavy atom. The minimum absolute atomic E-state index is 0.0543. The number of fused-ring (bicyclic) bond motifs is 1. The summed E-state index contributed by atoms with van der Waals surface area (Å²) in [5.74, 6) is 0.251. The Morgan fingerprint density at radius 1 is 1.27 bits per heavy atom. The number of ether oxygens (including phenoxy) is 1. The predicted octanol–water partition coefficient (Wildman–Crippen LogP) is 2.40. The van der Waals surface area contributed by atoms with Gasteiger partial charge in [0.2, 0.25) is 10.9 Å². The van der Waals surface area contributed by atoms with Crippen molar-refractivity contribution in [2.75, 3.05) is 11.9 Å². The molecule has 136 valence electrons. The number of carbonyl (C=O) groups excluding carboxylic acids is 2. The molecule has 0 fully saturated rings. The van der Waals surface area contributed by atoms with E-state index in [-0.39, 0.29) is 24.5 Å². The van der Waals surface area contributed by atoms with Gasteiger partial charge in [-0.2, -0.15) is 5.10 Å². The largest absolute Gasteiger partial charge is 0.484 e. The molecule has 0 aliphatic rings. The zero-order valence-electron chi connectivity index (χ0n) is 14.4.